The molecule has 0 heterocycles. The maximum absolute atomic E-state index is 12.6. The van der Waals surface area contributed by atoms with Gasteiger partial charge in [0.15, 0.2) is 0 Å². The van der Waals surface area contributed by atoms with Crippen molar-refractivity contribution in [2.75, 3.05) is 0 Å². The Labute approximate surface area is 165 Å². The summed E-state index contributed by atoms with van der Waals surface area (Å²) in [5, 5.41) is 21.4. The van der Waals surface area contributed by atoms with Crippen LogP contribution in [0.2, 0.25) is 0 Å². The van der Waals surface area contributed by atoms with E-state index in [1.165, 1.54) is 25.7 Å². The molecule has 27 heavy (non-hydrogen) atoms. The van der Waals surface area contributed by atoms with E-state index in [-0.39, 0.29) is 11.5 Å². The van der Waals surface area contributed by atoms with Gasteiger partial charge in [-0.15, -0.1) is 0 Å². The minimum absolute atomic E-state index is 0.190. The van der Waals surface area contributed by atoms with Crippen molar-refractivity contribution in [1.82, 2.24) is 0 Å². The molecule has 0 amide bonds. The van der Waals surface area contributed by atoms with Crippen molar-refractivity contribution in [1.29, 1.82) is 0 Å². The van der Waals surface area contributed by atoms with Crippen LogP contribution in [-0.2, 0) is 4.79 Å². The van der Waals surface area contributed by atoms with Crippen molar-refractivity contribution >= 4 is 5.97 Å². The van der Waals surface area contributed by atoms with Crippen LogP contribution in [0.15, 0.2) is 0 Å². The first-order valence-corrected chi connectivity index (χ1v) is 11.8. The quantitative estimate of drug-likeness (QED) is 0.680. The molecule has 0 saturated heterocycles. The van der Waals surface area contributed by atoms with Crippen LogP contribution < -0.4 is 0 Å². The summed E-state index contributed by atoms with van der Waals surface area (Å²) in [6, 6.07) is 0. The summed E-state index contributed by atoms with van der Waals surface area (Å²) in [7, 11) is 0. The van der Waals surface area contributed by atoms with Crippen molar-refractivity contribution in [2.24, 2.45) is 46.3 Å². The number of fused-ring (bicyclic) bond motifs is 5. The fourth-order valence-electron chi connectivity index (χ4n) is 9.04. The van der Waals surface area contributed by atoms with E-state index in [0.29, 0.717) is 35.5 Å². The summed E-state index contributed by atoms with van der Waals surface area (Å²) in [6.45, 7) is 7.03. The largest absolute Gasteiger partial charge is 0.481 e. The first-order chi connectivity index (χ1) is 12.9. The number of carboxylic acid groups (broad SMARTS) is 1. The summed E-state index contributed by atoms with van der Waals surface area (Å²) in [4.78, 5) is 12.6. The maximum atomic E-state index is 12.6. The topological polar surface area (TPSA) is 57.5 Å². The van der Waals surface area contributed by atoms with E-state index in [1.54, 1.807) is 0 Å². The highest BCUT2D eigenvalue weighted by atomic mass is 16.4. The van der Waals surface area contributed by atoms with Crippen LogP contribution in [0, 0.1) is 46.3 Å². The molecular formula is C24H40O3. The Morgan fingerprint density at radius 3 is 2.59 bits per heavy atom. The third kappa shape index (κ3) is 2.74. The molecule has 0 aromatic rings. The molecule has 4 fully saturated rings. The van der Waals surface area contributed by atoms with Gasteiger partial charge in [0.1, 0.15) is 0 Å². The standard InChI is InChI=1S/C24H40O3/c1-4-7-15(2)21-20(25)14-19-17-10-9-16-8-5-6-12-24(16,22(26)27)18(17)11-13-23(19,21)3/h15-21,25H,4-14H2,1-3H3,(H,26,27)/t15-,16?,17-,18+,19+,20?,21+,23+,24-/m1/s1. The normalized spacial score (nSPS) is 50.4. The zero-order valence-electron chi connectivity index (χ0n) is 17.6. The third-order valence-corrected chi connectivity index (χ3v) is 9.93. The second kappa shape index (κ2) is 7.04. The number of carbonyl (C=O) groups is 1. The summed E-state index contributed by atoms with van der Waals surface area (Å²) < 4.78 is 0. The van der Waals surface area contributed by atoms with Crippen LogP contribution in [0.1, 0.15) is 91.4 Å². The highest BCUT2D eigenvalue weighted by Gasteiger charge is 2.65. The predicted octanol–water partition coefficient (Wildman–Crippen LogP) is 5.51. The Morgan fingerprint density at radius 1 is 1.11 bits per heavy atom. The number of aliphatic hydroxyl groups is 1. The van der Waals surface area contributed by atoms with Gasteiger partial charge >= 0.3 is 5.97 Å². The van der Waals surface area contributed by atoms with Gasteiger partial charge < -0.3 is 10.2 Å². The fourth-order valence-corrected chi connectivity index (χ4v) is 9.04. The minimum Gasteiger partial charge on any atom is -0.481 e. The second-order valence-corrected chi connectivity index (χ2v) is 10.9. The van der Waals surface area contributed by atoms with Crippen molar-refractivity contribution in [3.05, 3.63) is 0 Å². The van der Waals surface area contributed by atoms with E-state index in [2.05, 4.69) is 20.8 Å². The van der Waals surface area contributed by atoms with Gasteiger partial charge in [0.05, 0.1) is 11.5 Å². The molecule has 0 spiro atoms. The smallest absolute Gasteiger partial charge is 0.310 e. The van der Waals surface area contributed by atoms with Crippen LogP contribution in [0.3, 0.4) is 0 Å². The Morgan fingerprint density at radius 2 is 1.89 bits per heavy atom. The van der Waals surface area contributed by atoms with Gasteiger partial charge in [-0.05, 0) is 85.9 Å². The highest BCUT2D eigenvalue weighted by molar-refractivity contribution is 5.76. The molecule has 4 aliphatic carbocycles. The summed E-state index contributed by atoms with van der Waals surface area (Å²) in [6.07, 6.45) is 11.9. The molecular weight excluding hydrogens is 336 g/mol. The number of carboxylic acids is 1. The van der Waals surface area contributed by atoms with E-state index < -0.39 is 11.4 Å². The van der Waals surface area contributed by atoms with E-state index >= 15 is 0 Å². The van der Waals surface area contributed by atoms with E-state index in [4.69, 9.17) is 0 Å². The molecule has 4 saturated carbocycles. The van der Waals surface area contributed by atoms with Crippen LogP contribution in [0.5, 0.6) is 0 Å². The van der Waals surface area contributed by atoms with Crippen molar-refractivity contribution in [3.63, 3.8) is 0 Å². The molecule has 0 aliphatic heterocycles. The first kappa shape index (κ1) is 19.7. The number of hydrogen-bond donors (Lipinski definition) is 2. The molecule has 3 heteroatoms. The van der Waals surface area contributed by atoms with Crippen LogP contribution >= 0.6 is 0 Å². The number of aliphatic carboxylic acids is 1. The van der Waals surface area contributed by atoms with Crippen LogP contribution in [0.4, 0.5) is 0 Å². The van der Waals surface area contributed by atoms with Crippen molar-refractivity contribution in [3.8, 4) is 0 Å². The maximum Gasteiger partial charge on any atom is 0.310 e. The second-order valence-electron chi connectivity index (χ2n) is 10.9. The van der Waals surface area contributed by atoms with Gasteiger partial charge in [-0.1, -0.05) is 46.5 Å². The summed E-state index contributed by atoms with van der Waals surface area (Å²) in [5.74, 6) is 2.25. The molecule has 2 unspecified atom stereocenters. The lowest BCUT2D eigenvalue weighted by Crippen LogP contribution is -2.57. The average molecular weight is 377 g/mol. The Kier molecular flexibility index (Phi) is 5.15. The van der Waals surface area contributed by atoms with E-state index in [0.717, 1.165) is 44.9 Å². The average Bonchev–Trinajstić information content (AvgIpc) is 2.91. The minimum atomic E-state index is -0.500. The Balaban J connectivity index is 1.66. The van der Waals surface area contributed by atoms with Gasteiger partial charge in [0.25, 0.3) is 0 Å². The molecule has 154 valence electrons. The zero-order valence-corrected chi connectivity index (χ0v) is 17.6. The molecule has 0 bridgehead atoms. The van der Waals surface area contributed by atoms with Gasteiger partial charge in [-0.2, -0.15) is 0 Å². The molecule has 2 N–H and O–H groups in total. The fraction of sp³-hybridized carbons (Fsp3) is 0.958. The summed E-state index contributed by atoms with van der Waals surface area (Å²) in [5.41, 5.74) is -0.253. The first-order valence-electron chi connectivity index (χ1n) is 11.8. The number of aliphatic hydroxyl groups excluding tert-OH is 1. The van der Waals surface area contributed by atoms with Crippen molar-refractivity contribution < 1.29 is 15.0 Å². The lowest BCUT2D eigenvalue weighted by atomic mass is 9.44. The van der Waals surface area contributed by atoms with E-state index in [9.17, 15) is 15.0 Å². The van der Waals surface area contributed by atoms with Gasteiger partial charge in [0, 0.05) is 0 Å². The van der Waals surface area contributed by atoms with Gasteiger partial charge in [-0.3, -0.25) is 4.79 Å². The molecule has 9 atom stereocenters. The van der Waals surface area contributed by atoms with Crippen LogP contribution in [0.25, 0.3) is 0 Å². The Hall–Kier alpha value is -0.570. The summed E-state index contributed by atoms with van der Waals surface area (Å²) >= 11 is 0. The number of rotatable bonds is 4. The molecule has 4 rings (SSSR count). The lowest BCUT2D eigenvalue weighted by molar-refractivity contribution is -0.179. The van der Waals surface area contributed by atoms with Gasteiger partial charge in [-0.25, -0.2) is 0 Å². The molecule has 0 aromatic carbocycles. The number of hydrogen-bond acceptors (Lipinski definition) is 2. The third-order valence-electron chi connectivity index (χ3n) is 9.93. The lowest BCUT2D eigenvalue weighted by Gasteiger charge is -2.59. The van der Waals surface area contributed by atoms with Crippen molar-refractivity contribution in [2.45, 2.75) is 97.5 Å². The molecule has 4 aliphatic rings. The van der Waals surface area contributed by atoms with E-state index in [1.807, 2.05) is 0 Å². The SMILES string of the molecule is CCC[C@@H](C)[C@H]1C(O)C[C@H]2[C@@H]3CCC4CCCC[C@]4(C(=O)O)[C@H]3CC[C@]12C. The monoisotopic (exact) mass is 376 g/mol. The molecule has 0 radical (unpaired) electrons. The Bertz CT molecular complexity index is 574. The highest BCUT2D eigenvalue weighted by Crippen LogP contribution is 2.68. The molecule has 0 aromatic heterocycles. The van der Waals surface area contributed by atoms with Crippen LogP contribution in [-0.4, -0.2) is 22.3 Å². The predicted molar refractivity (Wildman–Crippen MR) is 107 cm³/mol. The molecule has 3 nitrogen and oxygen atoms in total. The van der Waals surface area contributed by atoms with Gasteiger partial charge in [0.2, 0.25) is 0 Å². The zero-order chi connectivity index (χ0) is 19.4.